The monoisotopic (exact) mass is 263 g/mol. The van der Waals surface area contributed by atoms with Crippen molar-refractivity contribution in [3.63, 3.8) is 0 Å². The van der Waals surface area contributed by atoms with Crippen molar-refractivity contribution in [2.45, 2.75) is 40.0 Å². The topological polar surface area (TPSA) is 38.3 Å². The van der Waals surface area contributed by atoms with Gasteiger partial charge in [0, 0.05) is 12.0 Å². The van der Waals surface area contributed by atoms with E-state index in [1.54, 1.807) is 0 Å². The molecule has 0 aliphatic rings. The molecule has 0 fully saturated rings. The van der Waals surface area contributed by atoms with Crippen LogP contribution in [0.1, 0.15) is 36.1 Å². The molecule has 0 aliphatic heterocycles. The van der Waals surface area contributed by atoms with Crippen LogP contribution < -0.4 is 5.32 Å². The maximum atomic E-state index is 11.1. The Kier molecular flexibility index (Phi) is 5.12. The van der Waals surface area contributed by atoms with E-state index >= 15 is 0 Å². The minimum atomic E-state index is -0.229. The maximum absolute atomic E-state index is 11.1. The van der Waals surface area contributed by atoms with Gasteiger partial charge in [-0.25, -0.2) is 0 Å². The largest absolute Gasteiger partial charge is 0.468 e. The van der Waals surface area contributed by atoms with Crippen molar-refractivity contribution in [2.75, 3.05) is 20.2 Å². The van der Waals surface area contributed by atoms with E-state index in [1.807, 2.05) is 0 Å². The Morgan fingerprint density at radius 1 is 1.21 bits per heavy atom. The maximum Gasteiger partial charge on any atom is 0.319 e. The smallest absolute Gasteiger partial charge is 0.319 e. The minimum absolute atomic E-state index is 0.0180. The van der Waals surface area contributed by atoms with Crippen molar-refractivity contribution in [3.8, 4) is 0 Å². The summed E-state index contributed by atoms with van der Waals surface area (Å²) < 4.78 is 4.63. The number of rotatable bonds is 5. The molecule has 0 saturated carbocycles. The fourth-order valence-electron chi connectivity index (χ4n) is 2.89. The molecular weight excluding hydrogens is 238 g/mol. The summed E-state index contributed by atoms with van der Waals surface area (Å²) >= 11 is 0. The molecule has 0 amide bonds. The Morgan fingerprint density at radius 2 is 1.74 bits per heavy atom. The summed E-state index contributed by atoms with van der Waals surface area (Å²) in [5.74, 6) is -0.229. The Balaban J connectivity index is 2.85. The van der Waals surface area contributed by atoms with E-state index in [4.69, 9.17) is 0 Å². The summed E-state index contributed by atoms with van der Waals surface area (Å²) in [5.41, 5.74) is 5.24. The molecule has 0 aromatic heterocycles. The van der Waals surface area contributed by atoms with Crippen LogP contribution >= 0.6 is 0 Å². The van der Waals surface area contributed by atoms with E-state index in [-0.39, 0.29) is 17.9 Å². The van der Waals surface area contributed by atoms with Gasteiger partial charge >= 0.3 is 5.97 Å². The van der Waals surface area contributed by atoms with Crippen LogP contribution in [0.4, 0.5) is 0 Å². The number of ether oxygens (including phenoxy) is 1. The van der Waals surface area contributed by atoms with Crippen molar-refractivity contribution in [1.82, 2.24) is 5.32 Å². The van der Waals surface area contributed by atoms with Crippen LogP contribution in [0.25, 0.3) is 0 Å². The highest BCUT2D eigenvalue weighted by Crippen LogP contribution is 2.29. The average molecular weight is 263 g/mol. The minimum Gasteiger partial charge on any atom is -0.468 e. The second-order valence-electron chi connectivity index (χ2n) is 5.84. The molecule has 0 spiro atoms. The third-order valence-electron chi connectivity index (χ3n) is 3.42. The van der Waals surface area contributed by atoms with Crippen LogP contribution in [0.3, 0.4) is 0 Å². The number of carbonyl (C=O) groups excluding carboxylic acids is 1. The van der Waals surface area contributed by atoms with Crippen LogP contribution in [-0.4, -0.2) is 26.2 Å². The van der Waals surface area contributed by atoms with Crippen LogP contribution in [0.5, 0.6) is 0 Å². The normalized spacial score (nSPS) is 11.5. The van der Waals surface area contributed by atoms with Gasteiger partial charge in [-0.05, 0) is 37.5 Å². The second kappa shape index (κ2) is 6.20. The van der Waals surface area contributed by atoms with E-state index in [9.17, 15) is 4.79 Å². The fourth-order valence-corrected chi connectivity index (χ4v) is 2.89. The zero-order valence-electron chi connectivity index (χ0n) is 12.9. The molecule has 1 rings (SSSR count). The highest BCUT2D eigenvalue weighted by molar-refractivity contribution is 5.71. The summed E-state index contributed by atoms with van der Waals surface area (Å²) in [6.45, 7) is 11.8. The van der Waals surface area contributed by atoms with E-state index in [0.717, 1.165) is 6.54 Å². The van der Waals surface area contributed by atoms with Gasteiger partial charge in [0.2, 0.25) is 0 Å². The van der Waals surface area contributed by atoms with E-state index in [2.05, 4.69) is 56.8 Å². The summed E-state index contributed by atoms with van der Waals surface area (Å²) in [5, 5.41) is 3.17. The molecule has 1 aromatic carbocycles. The van der Waals surface area contributed by atoms with E-state index in [0.29, 0.717) is 0 Å². The van der Waals surface area contributed by atoms with Gasteiger partial charge in [-0.2, -0.15) is 0 Å². The molecule has 1 N–H and O–H groups in total. The summed E-state index contributed by atoms with van der Waals surface area (Å²) in [4.78, 5) is 11.1. The van der Waals surface area contributed by atoms with Crippen molar-refractivity contribution < 1.29 is 9.53 Å². The van der Waals surface area contributed by atoms with Crippen LogP contribution in [-0.2, 0) is 14.9 Å². The van der Waals surface area contributed by atoms with Gasteiger partial charge in [0.25, 0.3) is 0 Å². The van der Waals surface area contributed by atoms with Gasteiger partial charge in [-0.1, -0.05) is 31.5 Å². The molecule has 0 heterocycles. The Bertz CT molecular complexity index is 441. The first-order valence-corrected chi connectivity index (χ1v) is 6.64. The van der Waals surface area contributed by atoms with Crippen molar-refractivity contribution in [3.05, 3.63) is 34.4 Å². The lowest BCUT2D eigenvalue weighted by Crippen LogP contribution is -2.37. The van der Waals surface area contributed by atoms with Crippen molar-refractivity contribution >= 4 is 5.97 Å². The standard InChI is InChI=1S/C16H25NO2/c1-11-7-12(2)15(13(3)8-11)16(4,5)10-17-9-14(18)19-6/h7-8,17H,9-10H2,1-6H3. The summed E-state index contributed by atoms with van der Waals surface area (Å²) in [7, 11) is 1.41. The molecule has 0 atom stereocenters. The number of nitrogens with one attached hydrogen (secondary N) is 1. The van der Waals surface area contributed by atoms with Crippen molar-refractivity contribution in [1.29, 1.82) is 0 Å². The Labute approximate surface area is 116 Å². The first-order chi connectivity index (χ1) is 8.77. The number of esters is 1. The molecule has 19 heavy (non-hydrogen) atoms. The van der Waals surface area contributed by atoms with Gasteiger partial charge in [0.05, 0.1) is 13.7 Å². The zero-order chi connectivity index (χ0) is 14.6. The lowest BCUT2D eigenvalue weighted by molar-refractivity contribution is -0.139. The third kappa shape index (κ3) is 4.06. The van der Waals surface area contributed by atoms with Gasteiger partial charge in [-0.3, -0.25) is 4.79 Å². The molecule has 0 radical (unpaired) electrons. The van der Waals surface area contributed by atoms with Crippen LogP contribution in [0.15, 0.2) is 12.1 Å². The lowest BCUT2D eigenvalue weighted by Gasteiger charge is -2.29. The van der Waals surface area contributed by atoms with Crippen LogP contribution in [0.2, 0.25) is 0 Å². The number of benzene rings is 1. The SMILES string of the molecule is COC(=O)CNCC(C)(C)c1c(C)cc(C)cc1C. The molecule has 3 nitrogen and oxygen atoms in total. The first-order valence-electron chi connectivity index (χ1n) is 6.64. The average Bonchev–Trinajstić information content (AvgIpc) is 2.26. The molecule has 3 heteroatoms. The molecule has 0 saturated heterocycles. The Morgan fingerprint density at radius 3 is 2.21 bits per heavy atom. The molecular formula is C16H25NO2. The van der Waals surface area contributed by atoms with Gasteiger partial charge in [0.15, 0.2) is 0 Å². The molecule has 106 valence electrons. The first kappa shape index (κ1) is 15.7. The predicted molar refractivity (Wildman–Crippen MR) is 78.6 cm³/mol. The molecule has 0 bridgehead atoms. The number of aryl methyl sites for hydroxylation is 3. The molecule has 0 unspecified atom stereocenters. The number of methoxy groups -OCH3 is 1. The lowest BCUT2D eigenvalue weighted by atomic mass is 9.79. The second-order valence-corrected chi connectivity index (χ2v) is 5.84. The Hall–Kier alpha value is -1.35. The highest BCUT2D eigenvalue weighted by atomic mass is 16.5. The zero-order valence-corrected chi connectivity index (χ0v) is 12.9. The molecule has 1 aromatic rings. The fraction of sp³-hybridized carbons (Fsp3) is 0.562. The summed E-state index contributed by atoms with van der Waals surface area (Å²) in [6.07, 6.45) is 0. The third-order valence-corrected chi connectivity index (χ3v) is 3.42. The molecule has 0 aliphatic carbocycles. The van der Waals surface area contributed by atoms with Gasteiger partial charge in [-0.15, -0.1) is 0 Å². The number of hydrogen-bond acceptors (Lipinski definition) is 3. The highest BCUT2D eigenvalue weighted by Gasteiger charge is 2.24. The van der Waals surface area contributed by atoms with Crippen molar-refractivity contribution in [2.24, 2.45) is 0 Å². The number of hydrogen-bond donors (Lipinski definition) is 1. The van der Waals surface area contributed by atoms with Gasteiger partial charge < -0.3 is 10.1 Å². The van der Waals surface area contributed by atoms with Crippen LogP contribution in [0, 0.1) is 20.8 Å². The number of carbonyl (C=O) groups is 1. The quantitative estimate of drug-likeness (QED) is 0.830. The summed E-state index contributed by atoms with van der Waals surface area (Å²) in [6, 6.07) is 4.43. The van der Waals surface area contributed by atoms with E-state index < -0.39 is 0 Å². The van der Waals surface area contributed by atoms with E-state index in [1.165, 1.54) is 29.4 Å². The van der Waals surface area contributed by atoms with Gasteiger partial charge in [0.1, 0.15) is 0 Å². The predicted octanol–water partition coefficient (Wildman–Crippen LogP) is 2.65.